The van der Waals surface area contributed by atoms with E-state index in [9.17, 15) is 14.7 Å². The number of aromatic nitrogens is 3. The normalized spacial score (nSPS) is 11.6. The molecule has 45 heavy (non-hydrogen) atoms. The zero-order valence-electron chi connectivity index (χ0n) is 24.9. The van der Waals surface area contributed by atoms with Gasteiger partial charge in [-0.05, 0) is 66.9 Å². The van der Waals surface area contributed by atoms with Gasteiger partial charge in [-0.15, -0.1) is 0 Å². The number of nitrogens with zero attached hydrogens (tertiary/aromatic N) is 2. The number of hydrogen-bond acceptors (Lipinski definition) is 6. The smallest absolute Gasteiger partial charge is 0.335 e. The Kier molecular flexibility index (Phi) is 8.32. The molecule has 0 atom stereocenters. The van der Waals surface area contributed by atoms with E-state index in [-0.39, 0.29) is 11.3 Å². The average Bonchev–Trinajstić information content (AvgIpc) is 3.46. The van der Waals surface area contributed by atoms with Crippen LogP contribution in [-0.4, -0.2) is 39.0 Å². The highest BCUT2D eigenvalue weighted by molar-refractivity contribution is 6.14. The van der Waals surface area contributed by atoms with Crippen LogP contribution in [-0.2, 0) is 13.0 Å². The summed E-state index contributed by atoms with van der Waals surface area (Å²) in [4.78, 5) is 36.6. The quantitative estimate of drug-likeness (QED) is 0.175. The lowest BCUT2D eigenvalue weighted by molar-refractivity contribution is 0.306. The average molecular weight is 601 g/mol. The molecule has 0 spiro atoms. The summed E-state index contributed by atoms with van der Waals surface area (Å²) in [7, 11) is 1.54. The lowest BCUT2D eigenvalue weighted by Gasteiger charge is -2.14. The van der Waals surface area contributed by atoms with Gasteiger partial charge in [-0.3, -0.25) is 14.8 Å². The van der Waals surface area contributed by atoms with Crippen LogP contribution in [0.4, 0.5) is 0 Å². The topological polar surface area (TPSA) is 122 Å². The largest absolute Gasteiger partial charge is 0.497 e. The van der Waals surface area contributed by atoms with Gasteiger partial charge in [-0.2, -0.15) is 0 Å². The summed E-state index contributed by atoms with van der Waals surface area (Å²) in [5.41, 5.74) is 3.81. The van der Waals surface area contributed by atoms with Crippen molar-refractivity contribution in [3.8, 4) is 23.1 Å². The third kappa shape index (κ3) is 6.28. The van der Waals surface area contributed by atoms with E-state index in [1.165, 1.54) is 7.11 Å². The highest BCUT2D eigenvalue weighted by Gasteiger charge is 2.22. The van der Waals surface area contributed by atoms with Gasteiger partial charge in [0.1, 0.15) is 23.7 Å². The zero-order chi connectivity index (χ0) is 31.3. The number of fused-ring (bicyclic) bond motifs is 1. The Morgan fingerprint density at radius 2 is 1.64 bits per heavy atom. The molecular formula is C36H32N4O5. The van der Waals surface area contributed by atoms with Gasteiger partial charge in [0.25, 0.3) is 5.56 Å². The van der Waals surface area contributed by atoms with E-state index in [2.05, 4.69) is 9.97 Å². The summed E-state index contributed by atoms with van der Waals surface area (Å²) < 4.78 is 12.3. The van der Waals surface area contributed by atoms with E-state index >= 15 is 0 Å². The van der Waals surface area contributed by atoms with Gasteiger partial charge in [-0.25, -0.2) is 9.36 Å². The van der Waals surface area contributed by atoms with Gasteiger partial charge in [0.05, 0.1) is 18.5 Å². The molecular weight excluding hydrogens is 568 g/mol. The molecule has 0 fully saturated rings. The number of ether oxygens (including phenoxy) is 2. The Labute approximate surface area is 259 Å². The highest BCUT2D eigenvalue weighted by atomic mass is 16.5. The summed E-state index contributed by atoms with van der Waals surface area (Å²) in [6.07, 6.45) is 2.50. The van der Waals surface area contributed by atoms with Crippen LogP contribution < -0.4 is 20.7 Å². The third-order valence-electron chi connectivity index (χ3n) is 7.62. The number of benzene rings is 4. The zero-order valence-corrected chi connectivity index (χ0v) is 24.9. The van der Waals surface area contributed by atoms with Crippen molar-refractivity contribution in [2.45, 2.75) is 20.0 Å². The molecule has 3 N–H and O–H groups in total. The van der Waals surface area contributed by atoms with Crippen LogP contribution in [0.5, 0.6) is 17.4 Å². The molecule has 0 radical (unpaired) electrons. The van der Waals surface area contributed by atoms with E-state index in [0.717, 1.165) is 37.9 Å². The number of methoxy groups -OCH3 is 1. The first kappa shape index (κ1) is 29.3. The van der Waals surface area contributed by atoms with Crippen LogP contribution in [0.2, 0.25) is 0 Å². The number of aromatic amines is 2. The highest BCUT2D eigenvalue weighted by Crippen LogP contribution is 2.26. The summed E-state index contributed by atoms with van der Waals surface area (Å²) in [6.45, 7) is 2.74. The molecule has 0 saturated carbocycles. The van der Waals surface area contributed by atoms with Gasteiger partial charge in [0.15, 0.2) is 0 Å². The monoisotopic (exact) mass is 600 g/mol. The number of H-pyrrole nitrogens is 2. The first-order valence-electron chi connectivity index (χ1n) is 14.5. The van der Waals surface area contributed by atoms with E-state index < -0.39 is 17.1 Å². The molecule has 0 bridgehead atoms. The van der Waals surface area contributed by atoms with Crippen molar-refractivity contribution < 1.29 is 14.6 Å². The molecule has 0 saturated heterocycles. The molecule has 0 aliphatic carbocycles. The molecule has 0 unspecified atom stereocenters. The Bertz CT molecular complexity index is 2090. The Balaban J connectivity index is 1.34. The number of aryl methyl sites for hydroxylation is 1. The molecule has 4 aromatic carbocycles. The van der Waals surface area contributed by atoms with Gasteiger partial charge >= 0.3 is 5.69 Å². The molecule has 9 nitrogen and oxygen atoms in total. The lowest BCUT2D eigenvalue weighted by atomic mass is 10.0. The van der Waals surface area contributed by atoms with Crippen molar-refractivity contribution in [2.75, 3.05) is 13.7 Å². The predicted octanol–water partition coefficient (Wildman–Crippen LogP) is 5.69. The fourth-order valence-corrected chi connectivity index (χ4v) is 5.22. The van der Waals surface area contributed by atoms with Crippen LogP contribution in [0.3, 0.4) is 0 Å². The summed E-state index contributed by atoms with van der Waals surface area (Å²) in [5.74, 6) is 0.846. The fraction of sp³-hybridized carbons (Fsp3) is 0.139. The number of nitrogens with one attached hydrogen (secondary N) is 2. The van der Waals surface area contributed by atoms with Crippen molar-refractivity contribution in [1.82, 2.24) is 14.5 Å². The van der Waals surface area contributed by atoms with Crippen molar-refractivity contribution in [1.29, 1.82) is 0 Å². The minimum absolute atomic E-state index is 0.0928. The van der Waals surface area contributed by atoms with Crippen molar-refractivity contribution in [3.63, 3.8) is 0 Å². The second-order valence-electron chi connectivity index (χ2n) is 10.6. The summed E-state index contributed by atoms with van der Waals surface area (Å²) in [5, 5.41) is 12.4. The van der Waals surface area contributed by atoms with Crippen LogP contribution in [0.15, 0.2) is 118 Å². The second kappa shape index (κ2) is 12.8. The summed E-state index contributed by atoms with van der Waals surface area (Å²) >= 11 is 0. The van der Waals surface area contributed by atoms with E-state index in [0.29, 0.717) is 36.6 Å². The molecule has 0 aliphatic rings. The molecule has 2 aromatic heterocycles. The van der Waals surface area contributed by atoms with Crippen molar-refractivity contribution >= 4 is 16.6 Å². The van der Waals surface area contributed by atoms with Crippen LogP contribution in [0.25, 0.3) is 16.6 Å². The molecule has 0 aliphatic heterocycles. The molecule has 226 valence electrons. The SMILES string of the molecule is COc1ccc(-n2c(O)c(C(=NCCc3c[nH]c4ccc(OCc5ccccc5)cc34)c3ccc(C)cc3)c(=O)[nH]c2=O)cc1. The van der Waals surface area contributed by atoms with Crippen LogP contribution >= 0.6 is 0 Å². The van der Waals surface area contributed by atoms with E-state index in [4.69, 9.17) is 14.5 Å². The number of rotatable bonds is 10. The minimum atomic E-state index is -0.765. The van der Waals surface area contributed by atoms with Gasteiger partial charge in [-0.1, -0.05) is 60.2 Å². The number of aliphatic imine (C=N–C) groups is 1. The molecule has 2 heterocycles. The Morgan fingerprint density at radius 1 is 0.911 bits per heavy atom. The Morgan fingerprint density at radius 3 is 2.38 bits per heavy atom. The van der Waals surface area contributed by atoms with E-state index in [1.807, 2.05) is 85.9 Å². The standard InChI is InChI=1S/C36H32N4O5/c1-23-8-10-25(11-9-23)33(32-34(41)39-36(43)40(35(32)42)27-12-14-28(44-2)15-13-27)37-19-18-26-21-38-31-17-16-29(20-30(26)31)45-22-24-6-4-3-5-7-24/h3-17,20-21,38,42H,18-19,22H2,1-2H3,(H,39,41,43). The van der Waals surface area contributed by atoms with Crippen molar-refractivity contribution in [3.05, 3.63) is 152 Å². The maximum atomic E-state index is 13.2. The van der Waals surface area contributed by atoms with Gasteiger partial charge in [0.2, 0.25) is 5.88 Å². The van der Waals surface area contributed by atoms with Crippen molar-refractivity contribution in [2.24, 2.45) is 4.99 Å². The molecule has 9 heteroatoms. The van der Waals surface area contributed by atoms with Gasteiger partial charge in [0, 0.05) is 29.2 Å². The predicted molar refractivity (Wildman–Crippen MR) is 175 cm³/mol. The third-order valence-corrected chi connectivity index (χ3v) is 7.62. The molecule has 6 rings (SSSR count). The molecule has 6 aromatic rings. The maximum Gasteiger partial charge on any atom is 0.335 e. The number of aromatic hydroxyl groups is 1. The van der Waals surface area contributed by atoms with Crippen LogP contribution in [0, 0.1) is 6.92 Å². The Hall–Kier alpha value is -5.83. The fourth-order valence-electron chi connectivity index (χ4n) is 5.22. The van der Waals surface area contributed by atoms with Crippen LogP contribution in [0.1, 0.15) is 27.8 Å². The van der Waals surface area contributed by atoms with E-state index in [1.54, 1.807) is 24.3 Å². The molecule has 0 amide bonds. The number of hydrogen-bond donors (Lipinski definition) is 3. The maximum absolute atomic E-state index is 13.2. The minimum Gasteiger partial charge on any atom is -0.497 e. The lowest BCUT2D eigenvalue weighted by Crippen LogP contribution is -2.33. The first-order valence-corrected chi connectivity index (χ1v) is 14.5. The summed E-state index contributed by atoms with van der Waals surface area (Å²) in [6, 6.07) is 30.0. The second-order valence-corrected chi connectivity index (χ2v) is 10.6. The van der Waals surface area contributed by atoms with Gasteiger partial charge < -0.3 is 19.6 Å². The first-order chi connectivity index (χ1) is 21.9.